The van der Waals surface area contributed by atoms with E-state index in [1.165, 1.54) is 0 Å². The lowest BCUT2D eigenvalue weighted by Gasteiger charge is -2.21. The van der Waals surface area contributed by atoms with Gasteiger partial charge in [-0.1, -0.05) is 12.7 Å². The Morgan fingerprint density at radius 2 is 2.16 bits per heavy atom. The SMILES string of the molecule is C=C[C@H]1OC(C)(C)O[C@H]1C(O)CC(=C)C(=O)OCC. The van der Waals surface area contributed by atoms with Gasteiger partial charge in [-0.05, 0) is 20.8 Å². The molecule has 0 radical (unpaired) electrons. The molecule has 1 aliphatic rings. The maximum Gasteiger partial charge on any atom is 0.333 e. The fourth-order valence-corrected chi connectivity index (χ4v) is 1.98. The monoisotopic (exact) mass is 270 g/mol. The molecule has 0 amide bonds. The van der Waals surface area contributed by atoms with Crippen molar-refractivity contribution in [3.63, 3.8) is 0 Å². The Labute approximate surface area is 113 Å². The lowest BCUT2D eigenvalue weighted by atomic mass is 10.0. The molecule has 1 aliphatic heterocycles. The second kappa shape index (κ2) is 6.32. The summed E-state index contributed by atoms with van der Waals surface area (Å²) >= 11 is 0. The molecule has 0 aromatic carbocycles. The molecule has 5 heteroatoms. The molecular formula is C14H22O5. The Morgan fingerprint density at radius 1 is 1.53 bits per heavy atom. The van der Waals surface area contributed by atoms with Gasteiger partial charge in [0.25, 0.3) is 0 Å². The fourth-order valence-electron chi connectivity index (χ4n) is 1.98. The van der Waals surface area contributed by atoms with Crippen molar-refractivity contribution in [2.75, 3.05) is 6.61 Å². The number of carbonyl (C=O) groups excluding carboxylic acids is 1. The van der Waals surface area contributed by atoms with Crippen molar-refractivity contribution in [2.45, 2.75) is 51.3 Å². The van der Waals surface area contributed by atoms with Crippen LogP contribution in [-0.2, 0) is 19.0 Å². The summed E-state index contributed by atoms with van der Waals surface area (Å²) in [6, 6.07) is 0. The summed E-state index contributed by atoms with van der Waals surface area (Å²) in [6.07, 6.45) is -0.233. The molecule has 1 N–H and O–H groups in total. The van der Waals surface area contributed by atoms with Gasteiger partial charge < -0.3 is 19.3 Å². The molecule has 5 nitrogen and oxygen atoms in total. The van der Waals surface area contributed by atoms with Gasteiger partial charge in [0.1, 0.15) is 12.2 Å². The zero-order chi connectivity index (χ0) is 14.6. The molecule has 1 unspecified atom stereocenters. The summed E-state index contributed by atoms with van der Waals surface area (Å²) < 4.78 is 16.0. The van der Waals surface area contributed by atoms with Gasteiger partial charge >= 0.3 is 5.97 Å². The Kier molecular flexibility index (Phi) is 5.29. The molecule has 1 saturated heterocycles. The highest BCUT2D eigenvalue weighted by atomic mass is 16.8. The van der Waals surface area contributed by atoms with Crippen LogP contribution in [0, 0.1) is 0 Å². The lowest BCUT2D eigenvalue weighted by Crippen LogP contribution is -2.35. The third kappa shape index (κ3) is 4.16. The van der Waals surface area contributed by atoms with Gasteiger partial charge in [-0.3, -0.25) is 0 Å². The number of aliphatic hydroxyl groups is 1. The molecule has 1 rings (SSSR count). The molecule has 0 saturated carbocycles. The summed E-state index contributed by atoms with van der Waals surface area (Å²) in [5, 5.41) is 10.1. The molecule has 3 atom stereocenters. The quantitative estimate of drug-likeness (QED) is 0.451. The van der Waals surface area contributed by atoms with E-state index in [9.17, 15) is 9.90 Å². The van der Waals surface area contributed by atoms with Crippen molar-refractivity contribution in [1.82, 2.24) is 0 Å². The predicted molar refractivity (Wildman–Crippen MR) is 70.4 cm³/mol. The van der Waals surface area contributed by atoms with Crippen LogP contribution in [0.5, 0.6) is 0 Å². The fraction of sp³-hybridized carbons (Fsp3) is 0.643. The Morgan fingerprint density at radius 3 is 2.68 bits per heavy atom. The molecule has 0 aromatic rings. The van der Waals surface area contributed by atoms with Gasteiger partial charge in [-0.2, -0.15) is 0 Å². The maximum atomic E-state index is 11.4. The van der Waals surface area contributed by atoms with Crippen molar-refractivity contribution in [2.24, 2.45) is 0 Å². The second-order valence-electron chi connectivity index (χ2n) is 4.90. The molecule has 0 bridgehead atoms. The van der Waals surface area contributed by atoms with Crippen LogP contribution in [0.15, 0.2) is 24.8 Å². The van der Waals surface area contributed by atoms with Crippen LogP contribution in [-0.4, -0.2) is 41.8 Å². The van der Waals surface area contributed by atoms with E-state index in [0.717, 1.165) is 0 Å². The zero-order valence-electron chi connectivity index (χ0n) is 11.7. The van der Waals surface area contributed by atoms with Crippen LogP contribution in [0.3, 0.4) is 0 Å². The smallest absolute Gasteiger partial charge is 0.333 e. The Balaban J connectivity index is 2.62. The van der Waals surface area contributed by atoms with Crippen molar-refractivity contribution in [3.05, 3.63) is 24.8 Å². The van der Waals surface area contributed by atoms with Gasteiger partial charge in [0.15, 0.2) is 5.79 Å². The van der Waals surface area contributed by atoms with E-state index >= 15 is 0 Å². The van der Waals surface area contributed by atoms with Crippen LogP contribution in [0.1, 0.15) is 27.2 Å². The maximum absolute atomic E-state index is 11.4. The molecule has 1 heterocycles. The molecule has 0 aromatic heterocycles. The van der Waals surface area contributed by atoms with E-state index < -0.39 is 30.1 Å². The second-order valence-corrected chi connectivity index (χ2v) is 4.90. The number of rotatable bonds is 6. The highest BCUT2D eigenvalue weighted by Crippen LogP contribution is 2.32. The van der Waals surface area contributed by atoms with Crippen LogP contribution in [0.4, 0.5) is 0 Å². The normalized spacial score (nSPS) is 26.7. The van der Waals surface area contributed by atoms with Crippen LogP contribution in [0.2, 0.25) is 0 Å². The van der Waals surface area contributed by atoms with Crippen molar-refractivity contribution in [3.8, 4) is 0 Å². The summed E-state index contributed by atoms with van der Waals surface area (Å²) in [5.41, 5.74) is 0.213. The van der Waals surface area contributed by atoms with Gasteiger partial charge in [0.05, 0.1) is 12.7 Å². The average Bonchev–Trinajstić information content (AvgIpc) is 2.65. The highest BCUT2D eigenvalue weighted by molar-refractivity contribution is 5.87. The van der Waals surface area contributed by atoms with Gasteiger partial charge in [0, 0.05) is 12.0 Å². The minimum absolute atomic E-state index is 0.0767. The van der Waals surface area contributed by atoms with Crippen LogP contribution >= 0.6 is 0 Å². The van der Waals surface area contributed by atoms with Crippen molar-refractivity contribution >= 4 is 5.97 Å². The van der Waals surface area contributed by atoms with E-state index in [1.807, 2.05) is 0 Å². The van der Waals surface area contributed by atoms with Crippen molar-refractivity contribution in [1.29, 1.82) is 0 Å². The molecular weight excluding hydrogens is 248 g/mol. The van der Waals surface area contributed by atoms with Crippen molar-refractivity contribution < 1.29 is 24.1 Å². The van der Waals surface area contributed by atoms with E-state index in [2.05, 4.69) is 13.2 Å². The third-order valence-corrected chi connectivity index (χ3v) is 2.79. The standard InChI is InChI=1S/C14H22O5/c1-6-11-12(19-14(4,5)18-11)10(15)8-9(3)13(16)17-7-2/h6,10-12,15H,1,3,7-8H2,2,4-5H3/t10?,11-,12+/m1/s1. The average molecular weight is 270 g/mol. The van der Waals surface area contributed by atoms with E-state index in [4.69, 9.17) is 14.2 Å². The van der Waals surface area contributed by atoms with Gasteiger partial charge in [-0.15, -0.1) is 6.58 Å². The first kappa shape index (κ1) is 15.9. The van der Waals surface area contributed by atoms with E-state index in [-0.39, 0.29) is 18.6 Å². The molecule has 1 fully saturated rings. The zero-order valence-corrected chi connectivity index (χ0v) is 11.7. The van der Waals surface area contributed by atoms with Gasteiger partial charge in [-0.25, -0.2) is 4.79 Å². The summed E-state index contributed by atoms with van der Waals surface area (Å²) in [4.78, 5) is 11.4. The number of hydrogen-bond donors (Lipinski definition) is 1. The predicted octanol–water partition coefficient (Wildman–Crippen LogP) is 1.56. The summed E-state index contributed by atoms with van der Waals surface area (Å²) in [6.45, 7) is 12.8. The molecule has 108 valence electrons. The first-order chi connectivity index (χ1) is 8.80. The Bertz CT molecular complexity index is 361. The largest absolute Gasteiger partial charge is 0.463 e. The molecule has 0 spiro atoms. The number of carbonyl (C=O) groups is 1. The number of hydrogen-bond acceptors (Lipinski definition) is 5. The minimum Gasteiger partial charge on any atom is -0.463 e. The highest BCUT2D eigenvalue weighted by Gasteiger charge is 2.43. The first-order valence-electron chi connectivity index (χ1n) is 6.32. The first-order valence-corrected chi connectivity index (χ1v) is 6.32. The summed E-state index contributed by atoms with van der Waals surface area (Å²) in [7, 11) is 0. The van der Waals surface area contributed by atoms with Crippen LogP contribution in [0.25, 0.3) is 0 Å². The number of ether oxygens (including phenoxy) is 3. The number of esters is 1. The Hall–Kier alpha value is -1.17. The van der Waals surface area contributed by atoms with Crippen LogP contribution < -0.4 is 0 Å². The summed E-state index contributed by atoms with van der Waals surface area (Å²) in [5.74, 6) is -1.29. The van der Waals surface area contributed by atoms with Gasteiger partial charge in [0.2, 0.25) is 0 Å². The number of aliphatic hydroxyl groups excluding tert-OH is 1. The van der Waals surface area contributed by atoms with E-state index in [0.29, 0.717) is 0 Å². The lowest BCUT2D eigenvalue weighted by molar-refractivity contribution is -0.153. The minimum atomic E-state index is -0.901. The topological polar surface area (TPSA) is 65.0 Å². The molecule has 0 aliphatic carbocycles. The third-order valence-electron chi connectivity index (χ3n) is 2.79. The van der Waals surface area contributed by atoms with E-state index in [1.54, 1.807) is 26.8 Å². The molecule has 19 heavy (non-hydrogen) atoms.